The molecule has 0 atom stereocenters. The van der Waals surface area contributed by atoms with E-state index in [1.54, 1.807) is 0 Å². The second-order valence-corrected chi connectivity index (χ2v) is 3.01. The smallest absolute Gasteiger partial charge is 0.223 e. The summed E-state index contributed by atoms with van der Waals surface area (Å²) in [6.07, 6.45) is 0. The molecule has 0 spiro atoms. The van der Waals surface area contributed by atoms with E-state index >= 15 is 0 Å². The van der Waals surface area contributed by atoms with Crippen molar-refractivity contribution in [2.75, 3.05) is 11.5 Å². The number of rotatable bonds is 0. The third-order valence-electron chi connectivity index (χ3n) is 0.854. The van der Waals surface area contributed by atoms with Crippen molar-refractivity contribution in [2.45, 2.75) is 0 Å². The molecular formula is C4H4ClIN4. The lowest BCUT2D eigenvalue weighted by Crippen LogP contribution is -2.02. The molecule has 0 radical (unpaired) electrons. The Morgan fingerprint density at radius 1 is 1.30 bits per heavy atom. The highest BCUT2D eigenvalue weighted by atomic mass is 127. The van der Waals surface area contributed by atoms with Gasteiger partial charge in [-0.15, -0.1) is 0 Å². The lowest BCUT2D eigenvalue weighted by atomic mass is 10.6. The largest absolute Gasteiger partial charge is 0.383 e. The van der Waals surface area contributed by atoms with Crippen molar-refractivity contribution in [3.63, 3.8) is 0 Å². The summed E-state index contributed by atoms with van der Waals surface area (Å²) in [5.74, 6) is 0.418. The van der Waals surface area contributed by atoms with E-state index in [4.69, 9.17) is 23.1 Å². The van der Waals surface area contributed by atoms with E-state index in [9.17, 15) is 0 Å². The van der Waals surface area contributed by atoms with E-state index < -0.39 is 0 Å². The number of hydrogen-bond donors (Lipinski definition) is 2. The van der Waals surface area contributed by atoms with Crippen LogP contribution in [0.2, 0.25) is 5.15 Å². The fourth-order valence-corrected chi connectivity index (χ4v) is 0.877. The van der Waals surface area contributed by atoms with E-state index in [-0.39, 0.29) is 5.95 Å². The molecule has 10 heavy (non-hydrogen) atoms. The molecule has 0 amide bonds. The number of halogens is 2. The summed E-state index contributed by atoms with van der Waals surface area (Å²) in [4.78, 5) is 7.37. The Morgan fingerprint density at radius 2 is 1.90 bits per heavy atom. The van der Waals surface area contributed by atoms with Gasteiger partial charge in [-0.3, -0.25) is 0 Å². The monoisotopic (exact) mass is 270 g/mol. The summed E-state index contributed by atoms with van der Waals surface area (Å²) >= 11 is 7.55. The first-order valence-electron chi connectivity index (χ1n) is 2.35. The van der Waals surface area contributed by atoms with Crippen molar-refractivity contribution in [1.29, 1.82) is 0 Å². The van der Waals surface area contributed by atoms with Gasteiger partial charge >= 0.3 is 0 Å². The van der Waals surface area contributed by atoms with E-state index in [0.717, 1.165) is 0 Å². The summed E-state index contributed by atoms with van der Waals surface area (Å²) in [7, 11) is 0. The predicted molar refractivity (Wildman–Crippen MR) is 48.6 cm³/mol. The number of nitrogens with zero attached hydrogens (tertiary/aromatic N) is 2. The lowest BCUT2D eigenvalue weighted by Gasteiger charge is -1.98. The Morgan fingerprint density at radius 3 is 2.40 bits per heavy atom. The van der Waals surface area contributed by atoms with Crippen LogP contribution in [-0.2, 0) is 0 Å². The lowest BCUT2D eigenvalue weighted by molar-refractivity contribution is 1.18. The fourth-order valence-electron chi connectivity index (χ4n) is 0.453. The summed E-state index contributed by atoms with van der Waals surface area (Å²) < 4.78 is 0.633. The topological polar surface area (TPSA) is 77.8 Å². The van der Waals surface area contributed by atoms with Gasteiger partial charge in [-0.05, 0) is 22.6 Å². The summed E-state index contributed by atoms with van der Waals surface area (Å²) in [6, 6.07) is 0. The van der Waals surface area contributed by atoms with Crippen LogP contribution in [0.15, 0.2) is 0 Å². The van der Waals surface area contributed by atoms with Gasteiger partial charge in [0.2, 0.25) is 5.95 Å². The molecule has 0 aliphatic rings. The second kappa shape index (κ2) is 2.75. The maximum absolute atomic E-state index is 5.60. The molecule has 6 heteroatoms. The van der Waals surface area contributed by atoms with Gasteiger partial charge in [-0.25, -0.2) is 4.98 Å². The van der Waals surface area contributed by atoms with Gasteiger partial charge in [0, 0.05) is 0 Å². The van der Waals surface area contributed by atoms with E-state index in [2.05, 4.69) is 9.97 Å². The predicted octanol–water partition coefficient (Wildman–Crippen LogP) is 0.899. The number of anilines is 2. The first kappa shape index (κ1) is 7.80. The zero-order valence-corrected chi connectivity index (χ0v) is 7.72. The van der Waals surface area contributed by atoms with Crippen LogP contribution in [0, 0.1) is 3.57 Å². The van der Waals surface area contributed by atoms with Gasteiger partial charge in [-0.2, -0.15) is 4.98 Å². The molecule has 54 valence electrons. The summed E-state index contributed by atoms with van der Waals surface area (Å²) in [5.41, 5.74) is 10.6. The first-order chi connectivity index (χ1) is 4.61. The van der Waals surface area contributed by atoms with Gasteiger partial charge in [0.05, 0.1) is 3.57 Å². The van der Waals surface area contributed by atoms with Gasteiger partial charge in [0.15, 0.2) is 0 Å². The third-order valence-corrected chi connectivity index (χ3v) is 2.51. The average Bonchev–Trinajstić information content (AvgIpc) is 1.82. The van der Waals surface area contributed by atoms with Crippen molar-refractivity contribution in [3.05, 3.63) is 8.72 Å². The van der Waals surface area contributed by atoms with Gasteiger partial charge < -0.3 is 11.5 Å². The molecule has 4 N–H and O–H groups in total. The van der Waals surface area contributed by atoms with Gasteiger partial charge in [0.1, 0.15) is 11.0 Å². The quantitative estimate of drug-likeness (QED) is 0.542. The summed E-state index contributed by atoms with van der Waals surface area (Å²) in [5, 5.41) is 0.297. The second-order valence-electron chi connectivity index (χ2n) is 1.57. The maximum atomic E-state index is 5.60. The van der Waals surface area contributed by atoms with Crippen molar-refractivity contribution in [3.8, 4) is 0 Å². The Kier molecular flexibility index (Phi) is 2.14. The van der Waals surface area contributed by atoms with Crippen molar-refractivity contribution in [1.82, 2.24) is 9.97 Å². The van der Waals surface area contributed by atoms with Crippen LogP contribution < -0.4 is 11.5 Å². The highest BCUT2D eigenvalue weighted by molar-refractivity contribution is 14.1. The third kappa shape index (κ3) is 1.40. The maximum Gasteiger partial charge on any atom is 0.223 e. The molecule has 1 aromatic heterocycles. The normalized spacial score (nSPS) is 9.80. The Labute approximate surface area is 76.1 Å². The van der Waals surface area contributed by atoms with Crippen molar-refractivity contribution < 1.29 is 0 Å². The minimum Gasteiger partial charge on any atom is -0.383 e. The number of nitrogens with two attached hydrogens (primary N) is 2. The van der Waals surface area contributed by atoms with Crippen LogP contribution in [0.5, 0.6) is 0 Å². The van der Waals surface area contributed by atoms with Crippen LogP contribution in [0.25, 0.3) is 0 Å². The first-order valence-corrected chi connectivity index (χ1v) is 3.81. The molecule has 0 aliphatic heterocycles. The molecule has 0 bridgehead atoms. The van der Waals surface area contributed by atoms with E-state index in [1.165, 1.54) is 0 Å². The number of nitrogen functional groups attached to an aromatic ring is 2. The minimum atomic E-state index is 0.0999. The molecule has 1 aromatic rings. The van der Waals surface area contributed by atoms with Gasteiger partial charge in [0.25, 0.3) is 0 Å². The van der Waals surface area contributed by atoms with Crippen LogP contribution in [-0.4, -0.2) is 9.97 Å². The zero-order chi connectivity index (χ0) is 7.72. The molecular weight excluding hydrogens is 266 g/mol. The molecule has 0 aliphatic carbocycles. The Balaban J connectivity index is 3.31. The van der Waals surface area contributed by atoms with Crippen LogP contribution in [0.1, 0.15) is 0 Å². The molecule has 1 heterocycles. The minimum absolute atomic E-state index is 0.0999. The molecule has 0 fully saturated rings. The van der Waals surface area contributed by atoms with Crippen LogP contribution in [0.3, 0.4) is 0 Å². The Hall–Kier alpha value is -0.300. The molecule has 0 saturated carbocycles. The molecule has 1 rings (SSSR count). The van der Waals surface area contributed by atoms with E-state index in [1.807, 2.05) is 22.6 Å². The number of aromatic nitrogens is 2. The number of hydrogen-bond acceptors (Lipinski definition) is 4. The molecule has 0 unspecified atom stereocenters. The molecule has 0 aromatic carbocycles. The zero-order valence-electron chi connectivity index (χ0n) is 4.81. The van der Waals surface area contributed by atoms with Crippen LogP contribution in [0.4, 0.5) is 11.8 Å². The fraction of sp³-hybridized carbons (Fsp3) is 0. The molecule has 0 saturated heterocycles. The van der Waals surface area contributed by atoms with Crippen molar-refractivity contribution >= 4 is 46.0 Å². The van der Waals surface area contributed by atoms with E-state index in [0.29, 0.717) is 14.5 Å². The highest BCUT2D eigenvalue weighted by Crippen LogP contribution is 2.20. The van der Waals surface area contributed by atoms with Crippen molar-refractivity contribution in [2.24, 2.45) is 0 Å². The average molecular weight is 270 g/mol. The standard InChI is InChI=1S/C4H4ClIN4/c5-2-1(6)3(7)10-4(8)9-2/h(H4,7,8,9,10). The molecule has 4 nitrogen and oxygen atoms in total. The Bertz CT molecular complexity index is 240. The highest BCUT2D eigenvalue weighted by Gasteiger charge is 2.04. The summed E-state index contributed by atoms with van der Waals surface area (Å²) in [6.45, 7) is 0. The van der Waals surface area contributed by atoms with Gasteiger partial charge in [-0.1, -0.05) is 11.6 Å². The van der Waals surface area contributed by atoms with Crippen LogP contribution >= 0.6 is 34.2 Å². The SMILES string of the molecule is Nc1nc(N)c(I)c(Cl)n1.